The van der Waals surface area contributed by atoms with Gasteiger partial charge in [-0.1, -0.05) is 0 Å². The summed E-state index contributed by atoms with van der Waals surface area (Å²) in [6, 6.07) is 4.64. The number of rotatable bonds is 3. The molecule has 0 aliphatic heterocycles. The van der Waals surface area contributed by atoms with Gasteiger partial charge in [0, 0.05) is 18.0 Å². The Morgan fingerprint density at radius 2 is 2.24 bits per heavy atom. The Morgan fingerprint density at radius 1 is 1.41 bits per heavy atom. The zero-order valence-corrected chi connectivity index (χ0v) is 11.1. The van der Waals surface area contributed by atoms with E-state index in [2.05, 4.69) is 37.9 Å². The Labute approximate surface area is 111 Å². The molecule has 0 aliphatic carbocycles. The van der Waals surface area contributed by atoms with Gasteiger partial charge in [-0.15, -0.1) is 0 Å². The van der Waals surface area contributed by atoms with Crippen molar-refractivity contribution in [1.29, 1.82) is 0 Å². The molecule has 1 aromatic carbocycles. The molecule has 2 rings (SSSR count). The average molecular weight is 345 g/mol. The number of hydrogen-bond donors (Lipinski definition) is 1. The number of nitrogens with one attached hydrogen (secondary N) is 1. The summed E-state index contributed by atoms with van der Waals surface area (Å²) < 4.78 is 19.2. The molecular weight excluding hydrogens is 336 g/mol. The molecule has 1 aromatic heterocycles. The van der Waals surface area contributed by atoms with E-state index in [1.165, 1.54) is 19.5 Å². The number of benzene rings is 1. The second kappa shape index (κ2) is 5.26. The van der Waals surface area contributed by atoms with Gasteiger partial charge in [0.1, 0.15) is 12.1 Å². The van der Waals surface area contributed by atoms with Crippen LogP contribution in [-0.2, 0) is 0 Å². The topological polar surface area (TPSA) is 47.0 Å². The van der Waals surface area contributed by atoms with Crippen molar-refractivity contribution < 1.29 is 9.13 Å². The monoisotopic (exact) mass is 345 g/mol. The highest BCUT2D eigenvalue weighted by atomic mass is 127. The van der Waals surface area contributed by atoms with Gasteiger partial charge in [0.05, 0.1) is 10.7 Å². The standard InChI is InChI=1S/C11H9FIN3O/c1-17-10-3-2-7(4-8(10)12)16-11-9(13)5-14-6-15-11/h2-6H,1H3,(H,14,15,16). The maximum Gasteiger partial charge on any atom is 0.167 e. The van der Waals surface area contributed by atoms with Crippen LogP contribution in [0.4, 0.5) is 15.9 Å². The first-order chi connectivity index (χ1) is 8.20. The first-order valence-corrected chi connectivity index (χ1v) is 5.84. The molecule has 0 unspecified atom stereocenters. The lowest BCUT2D eigenvalue weighted by Gasteiger charge is -2.08. The van der Waals surface area contributed by atoms with Gasteiger partial charge in [-0.05, 0) is 34.7 Å². The highest BCUT2D eigenvalue weighted by molar-refractivity contribution is 14.1. The lowest BCUT2D eigenvalue weighted by atomic mass is 10.3. The summed E-state index contributed by atoms with van der Waals surface area (Å²) in [6.07, 6.45) is 3.11. The predicted octanol–water partition coefficient (Wildman–Crippen LogP) is 2.97. The van der Waals surface area contributed by atoms with Crippen molar-refractivity contribution in [3.05, 3.63) is 40.1 Å². The van der Waals surface area contributed by atoms with Crippen LogP contribution in [0, 0.1) is 9.39 Å². The molecule has 1 heterocycles. The number of methoxy groups -OCH3 is 1. The quantitative estimate of drug-likeness (QED) is 0.869. The second-order valence-electron chi connectivity index (χ2n) is 3.19. The number of hydrogen-bond acceptors (Lipinski definition) is 4. The summed E-state index contributed by atoms with van der Waals surface area (Å²) in [5.74, 6) is 0.444. The van der Waals surface area contributed by atoms with E-state index in [0.717, 1.165) is 3.57 Å². The average Bonchev–Trinajstić information content (AvgIpc) is 2.32. The summed E-state index contributed by atoms with van der Waals surface area (Å²) >= 11 is 2.10. The Bertz CT molecular complexity index is 536. The van der Waals surface area contributed by atoms with Crippen LogP contribution in [0.15, 0.2) is 30.7 Å². The van der Waals surface area contributed by atoms with Crippen LogP contribution in [0.5, 0.6) is 5.75 Å². The van der Waals surface area contributed by atoms with Crippen molar-refractivity contribution in [2.24, 2.45) is 0 Å². The van der Waals surface area contributed by atoms with E-state index in [0.29, 0.717) is 11.5 Å². The van der Waals surface area contributed by atoms with E-state index in [1.54, 1.807) is 18.3 Å². The van der Waals surface area contributed by atoms with Gasteiger partial charge >= 0.3 is 0 Å². The lowest BCUT2D eigenvalue weighted by Crippen LogP contribution is -1.98. The van der Waals surface area contributed by atoms with E-state index in [4.69, 9.17) is 4.74 Å². The molecule has 0 bridgehead atoms. The molecule has 0 amide bonds. The molecule has 17 heavy (non-hydrogen) atoms. The van der Waals surface area contributed by atoms with Crippen LogP contribution >= 0.6 is 22.6 Å². The third kappa shape index (κ3) is 2.82. The number of anilines is 2. The minimum Gasteiger partial charge on any atom is -0.494 e. The van der Waals surface area contributed by atoms with Gasteiger partial charge in [-0.25, -0.2) is 14.4 Å². The van der Waals surface area contributed by atoms with Gasteiger partial charge in [0.25, 0.3) is 0 Å². The fraction of sp³-hybridized carbons (Fsp3) is 0.0909. The zero-order chi connectivity index (χ0) is 12.3. The molecule has 0 atom stereocenters. The summed E-state index contributed by atoms with van der Waals surface area (Å²) in [5, 5.41) is 3.01. The Balaban J connectivity index is 2.25. The SMILES string of the molecule is COc1ccc(Nc2ncncc2I)cc1F. The van der Waals surface area contributed by atoms with Crippen molar-refractivity contribution in [2.45, 2.75) is 0 Å². The van der Waals surface area contributed by atoms with Crippen LogP contribution in [0.1, 0.15) is 0 Å². The maximum atomic E-state index is 13.5. The second-order valence-corrected chi connectivity index (χ2v) is 4.36. The summed E-state index contributed by atoms with van der Waals surface area (Å²) in [4.78, 5) is 7.94. The molecular formula is C11H9FIN3O. The van der Waals surface area contributed by atoms with E-state index in [9.17, 15) is 4.39 Å². The molecule has 88 valence electrons. The molecule has 4 nitrogen and oxygen atoms in total. The summed E-state index contributed by atoms with van der Waals surface area (Å²) in [7, 11) is 1.43. The van der Waals surface area contributed by atoms with Gasteiger partial charge in [-0.2, -0.15) is 0 Å². The number of aromatic nitrogens is 2. The fourth-order valence-corrected chi connectivity index (χ4v) is 1.72. The van der Waals surface area contributed by atoms with Gasteiger partial charge in [-0.3, -0.25) is 0 Å². The van der Waals surface area contributed by atoms with E-state index in [-0.39, 0.29) is 5.75 Å². The maximum absolute atomic E-state index is 13.5. The fourth-order valence-electron chi connectivity index (χ4n) is 1.29. The highest BCUT2D eigenvalue weighted by Gasteiger charge is 2.05. The van der Waals surface area contributed by atoms with Crippen molar-refractivity contribution in [1.82, 2.24) is 9.97 Å². The molecule has 1 N–H and O–H groups in total. The third-order valence-corrected chi connectivity index (χ3v) is 2.87. The van der Waals surface area contributed by atoms with Crippen LogP contribution < -0.4 is 10.1 Å². The van der Waals surface area contributed by atoms with E-state index in [1.807, 2.05) is 0 Å². The third-order valence-electron chi connectivity index (χ3n) is 2.08. The van der Waals surface area contributed by atoms with Gasteiger partial charge in [0.15, 0.2) is 11.6 Å². The minimum atomic E-state index is -0.415. The number of ether oxygens (including phenoxy) is 1. The first-order valence-electron chi connectivity index (χ1n) is 4.77. The van der Waals surface area contributed by atoms with Gasteiger partial charge in [0.2, 0.25) is 0 Å². The minimum absolute atomic E-state index is 0.216. The van der Waals surface area contributed by atoms with Crippen molar-refractivity contribution in [3.8, 4) is 5.75 Å². The molecule has 0 saturated carbocycles. The molecule has 0 saturated heterocycles. The Kier molecular flexibility index (Phi) is 3.72. The zero-order valence-electron chi connectivity index (χ0n) is 8.95. The van der Waals surface area contributed by atoms with Crippen molar-refractivity contribution in [3.63, 3.8) is 0 Å². The highest BCUT2D eigenvalue weighted by Crippen LogP contribution is 2.24. The normalized spacial score (nSPS) is 10.1. The van der Waals surface area contributed by atoms with Crippen LogP contribution in [0.25, 0.3) is 0 Å². The first kappa shape index (κ1) is 12.0. The van der Waals surface area contributed by atoms with E-state index < -0.39 is 5.82 Å². The van der Waals surface area contributed by atoms with Crippen LogP contribution in [0.2, 0.25) is 0 Å². The predicted molar refractivity (Wildman–Crippen MR) is 71.0 cm³/mol. The summed E-state index contributed by atoms with van der Waals surface area (Å²) in [5.41, 5.74) is 0.611. The lowest BCUT2D eigenvalue weighted by molar-refractivity contribution is 0.386. The van der Waals surface area contributed by atoms with Crippen LogP contribution in [0.3, 0.4) is 0 Å². The van der Waals surface area contributed by atoms with Gasteiger partial charge < -0.3 is 10.1 Å². The van der Waals surface area contributed by atoms with Crippen molar-refractivity contribution >= 4 is 34.1 Å². The number of halogens is 2. The molecule has 0 aliphatic rings. The molecule has 0 fully saturated rings. The molecule has 6 heteroatoms. The Hall–Kier alpha value is -1.44. The van der Waals surface area contributed by atoms with Crippen molar-refractivity contribution in [2.75, 3.05) is 12.4 Å². The van der Waals surface area contributed by atoms with Crippen LogP contribution in [-0.4, -0.2) is 17.1 Å². The summed E-state index contributed by atoms with van der Waals surface area (Å²) in [6.45, 7) is 0. The molecule has 2 aromatic rings. The largest absolute Gasteiger partial charge is 0.494 e. The molecule has 0 radical (unpaired) electrons. The van der Waals surface area contributed by atoms with E-state index >= 15 is 0 Å². The Morgan fingerprint density at radius 3 is 2.88 bits per heavy atom. The smallest absolute Gasteiger partial charge is 0.167 e. The number of nitrogens with zero attached hydrogens (tertiary/aromatic N) is 2. The molecule has 0 spiro atoms.